The van der Waals surface area contributed by atoms with Crippen molar-refractivity contribution in [2.75, 3.05) is 26.2 Å². The average molecular weight is 144 g/mol. The molecule has 1 N–H and O–H groups in total. The van der Waals surface area contributed by atoms with Crippen LogP contribution in [0.1, 0.15) is 6.42 Å². The highest BCUT2D eigenvalue weighted by Crippen LogP contribution is 2.26. The summed E-state index contributed by atoms with van der Waals surface area (Å²) in [5, 5.41) is 4.24. The third-order valence-corrected chi connectivity index (χ3v) is 2.65. The molecule has 0 spiro atoms. The van der Waals surface area contributed by atoms with Crippen molar-refractivity contribution >= 4 is 0 Å². The lowest BCUT2D eigenvalue weighted by atomic mass is 9.90. The summed E-state index contributed by atoms with van der Waals surface area (Å²) < 4.78 is 12.6. The van der Waals surface area contributed by atoms with Gasteiger partial charge in [-0.1, -0.05) is 0 Å². The van der Waals surface area contributed by atoms with Crippen molar-refractivity contribution in [2.45, 2.75) is 6.42 Å². The van der Waals surface area contributed by atoms with Crippen LogP contribution in [-0.4, -0.2) is 31.3 Å². The Labute approximate surface area is 60.3 Å². The molecule has 0 bridgehead atoms. The summed E-state index contributed by atoms with van der Waals surface area (Å²) in [6.45, 7) is 3.42. The Morgan fingerprint density at radius 1 is 1.30 bits per heavy atom. The first-order valence-corrected chi connectivity index (χ1v) is 3.97. The summed E-state index contributed by atoms with van der Waals surface area (Å²) in [5.74, 6) is 1.34. The molecule has 0 saturated carbocycles. The number of nitrogens with zero attached hydrogens (tertiary/aromatic N) is 1. The molecule has 0 aliphatic carbocycles. The number of nitrogens with one attached hydrogen (secondary N) is 1. The maximum atomic E-state index is 12.6. The number of hydrogen-bond donors (Lipinski definition) is 1. The molecular formula is C7H13FN2. The third-order valence-electron chi connectivity index (χ3n) is 2.65. The van der Waals surface area contributed by atoms with Crippen molar-refractivity contribution < 1.29 is 4.48 Å². The molecule has 2 saturated heterocycles. The molecule has 0 radical (unpaired) electrons. The lowest BCUT2D eigenvalue weighted by Crippen LogP contribution is -2.34. The second kappa shape index (κ2) is 2.47. The number of hydrogen-bond acceptors (Lipinski definition) is 2. The fourth-order valence-electron chi connectivity index (χ4n) is 1.99. The van der Waals surface area contributed by atoms with Gasteiger partial charge in [0.1, 0.15) is 0 Å². The highest BCUT2D eigenvalue weighted by Gasteiger charge is 2.32. The lowest BCUT2D eigenvalue weighted by molar-refractivity contribution is -0.0256. The van der Waals surface area contributed by atoms with E-state index in [0.717, 1.165) is 30.6 Å². The van der Waals surface area contributed by atoms with Crippen LogP contribution in [0.15, 0.2) is 0 Å². The molecule has 2 rings (SSSR count). The lowest BCUT2D eigenvalue weighted by Gasteiger charge is -2.27. The topological polar surface area (TPSA) is 15.3 Å². The molecule has 2 aliphatic rings. The molecule has 58 valence electrons. The second-order valence-electron chi connectivity index (χ2n) is 3.34. The number of piperidine rings is 1. The summed E-state index contributed by atoms with van der Waals surface area (Å²) in [4.78, 5) is 0. The molecule has 0 aromatic rings. The Morgan fingerprint density at radius 2 is 2.10 bits per heavy atom. The van der Waals surface area contributed by atoms with E-state index in [0.29, 0.717) is 19.0 Å². The van der Waals surface area contributed by atoms with Crippen molar-refractivity contribution in [1.82, 2.24) is 10.4 Å². The van der Waals surface area contributed by atoms with Crippen LogP contribution in [0.3, 0.4) is 0 Å². The molecule has 2 aliphatic heterocycles. The molecule has 0 amide bonds. The minimum atomic E-state index is 0.582. The van der Waals surface area contributed by atoms with Gasteiger partial charge in [-0.05, 0) is 31.3 Å². The summed E-state index contributed by atoms with van der Waals surface area (Å²) in [7, 11) is 0. The molecule has 0 aromatic carbocycles. The monoisotopic (exact) mass is 144 g/mol. The SMILES string of the molecule is FN1CCC2CNCC2C1. The predicted molar refractivity (Wildman–Crippen MR) is 37.1 cm³/mol. The van der Waals surface area contributed by atoms with Crippen LogP contribution in [0.4, 0.5) is 4.48 Å². The van der Waals surface area contributed by atoms with E-state index in [4.69, 9.17) is 0 Å². The van der Waals surface area contributed by atoms with Crippen LogP contribution in [0, 0.1) is 11.8 Å². The van der Waals surface area contributed by atoms with Gasteiger partial charge in [0, 0.05) is 13.1 Å². The van der Waals surface area contributed by atoms with Gasteiger partial charge < -0.3 is 5.32 Å². The van der Waals surface area contributed by atoms with Crippen LogP contribution in [0.5, 0.6) is 0 Å². The smallest absolute Gasteiger partial charge is 0.0334 e. The highest BCUT2D eigenvalue weighted by atomic mass is 19.2. The van der Waals surface area contributed by atoms with Crippen molar-refractivity contribution in [2.24, 2.45) is 11.8 Å². The zero-order chi connectivity index (χ0) is 6.97. The van der Waals surface area contributed by atoms with Gasteiger partial charge in [0.25, 0.3) is 0 Å². The summed E-state index contributed by atoms with van der Waals surface area (Å²) >= 11 is 0. The Hall–Kier alpha value is -0.150. The van der Waals surface area contributed by atoms with Crippen molar-refractivity contribution in [1.29, 1.82) is 0 Å². The first-order chi connectivity index (χ1) is 4.86. The Kier molecular flexibility index (Phi) is 1.62. The minimum Gasteiger partial charge on any atom is -0.316 e. The summed E-state index contributed by atoms with van der Waals surface area (Å²) in [5.41, 5.74) is 0. The molecule has 3 heteroatoms. The molecule has 2 unspecified atom stereocenters. The normalized spacial score (nSPS) is 41.7. The Bertz CT molecular complexity index is 129. The molecule has 2 fully saturated rings. The average Bonchev–Trinajstić information content (AvgIpc) is 2.33. The van der Waals surface area contributed by atoms with Crippen LogP contribution in [0.25, 0.3) is 0 Å². The van der Waals surface area contributed by atoms with Crippen LogP contribution in [-0.2, 0) is 0 Å². The number of halogens is 1. The first-order valence-electron chi connectivity index (χ1n) is 3.97. The van der Waals surface area contributed by atoms with Crippen LogP contribution >= 0.6 is 0 Å². The van der Waals surface area contributed by atoms with Gasteiger partial charge in [0.2, 0.25) is 0 Å². The van der Waals surface area contributed by atoms with Crippen LogP contribution in [0.2, 0.25) is 0 Å². The number of fused-ring (bicyclic) bond motifs is 1. The summed E-state index contributed by atoms with van der Waals surface area (Å²) in [6.07, 6.45) is 1.04. The van der Waals surface area contributed by atoms with E-state index >= 15 is 0 Å². The van der Waals surface area contributed by atoms with Gasteiger partial charge in [-0.15, -0.1) is 9.60 Å². The summed E-state index contributed by atoms with van der Waals surface area (Å²) in [6, 6.07) is 0. The van der Waals surface area contributed by atoms with Crippen molar-refractivity contribution in [3.63, 3.8) is 0 Å². The van der Waals surface area contributed by atoms with Gasteiger partial charge in [-0.2, -0.15) is 0 Å². The minimum absolute atomic E-state index is 0.582. The van der Waals surface area contributed by atoms with Gasteiger partial charge in [-0.25, -0.2) is 0 Å². The molecule has 10 heavy (non-hydrogen) atoms. The Balaban J connectivity index is 1.96. The predicted octanol–water partition coefficient (Wildman–Crippen LogP) is 0.412. The Morgan fingerprint density at radius 3 is 3.00 bits per heavy atom. The standard InChI is InChI=1S/C7H13FN2/c8-10-2-1-6-3-9-4-7(6)5-10/h6-7,9H,1-5H2. The zero-order valence-corrected chi connectivity index (χ0v) is 6.02. The molecule has 2 nitrogen and oxygen atoms in total. The van der Waals surface area contributed by atoms with E-state index in [1.54, 1.807) is 0 Å². The maximum absolute atomic E-state index is 12.6. The second-order valence-corrected chi connectivity index (χ2v) is 3.34. The van der Waals surface area contributed by atoms with Gasteiger partial charge in [-0.3, -0.25) is 0 Å². The first kappa shape index (κ1) is 6.55. The quantitative estimate of drug-likeness (QED) is 0.495. The van der Waals surface area contributed by atoms with Crippen molar-refractivity contribution in [3.05, 3.63) is 0 Å². The van der Waals surface area contributed by atoms with Crippen LogP contribution < -0.4 is 5.32 Å². The molecule has 2 heterocycles. The highest BCUT2D eigenvalue weighted by molar-refractivity contribution is 4.85. The van der Waals surface area contributed by atoms with E-state index < -0.39 is 0 Å². The fraction of sp³-hybridized carbons (Fsp3) is 1.00. The maximum Gasteiger partial charge on any atom is 0.0334 e. The van der Waals surface area contributed by atoms with Gasteiger partial charge in [0.05, 0.1) is 0 Å². The van der Waals surface area contributed by atoms with Gasteiger partial charge in [0.15, 0.2) is 0 Å². The van der Waals surface area contributed by atoms with E-state index in [9.17, 15) is 4.48 Å². The van der Waals surface area contributed by atoms with E-state index in [1.807, 2.05) is 0 Å². The largest absolute Gasteiger partial charge is 0.316 e. The van der Waals surface area contributed by atoms with Gasteiger partial charge >= 0.3 is 0 Å². The molecule has 0 aromatic heterocycles. The molecule has 2 atom stereocenters. The fourth-order valence-corrected chi connectivity index (χ4v) is 1.99. The zero-order valence-electron chi connectivity index (χ0n) is 6.02. The third kappa shape index (κ3) is 1.04. The number of rotatable bonds is 0. The van der Waals surface area contributed by atoms with Crippen molar-refractivity contribution in [3.8, 4) is 0 Å². The van der Waals surface area contributed by atoms with E-state index in [1.165, 1.54) is 0 Å². The van der Waals surface area contributed by atoms with E-state index in [-0.39, 0.29) is 0 Å². The van der Waals surface area contributed by atoms with E-state index in [2.05, 4.69) is 5.32 Å². The molecular weight excluding hydrogens is 131 g/mol.